The van der Waals surface area contributed by atoms with Crippen molar-refractivity contribution in [2.24, 2.45) is 22.7 Å². The van der Waals surface area contributed by atoms with Gasteiger partial charge in [0.1, 0.15) is 0 Å². The molecule has 5 nitrogen and oxygen atoms in total. The summed E-state index contributed by atoms with van der Waals surface area (Å²) >= 11 is 0. The first kappa shape index (κ1) is 19.8. The number of hydrogen-bond donors (Lipinski definition) is 3. The van der Waals surface area contributed by atoms with Gasteiger partial charge in [-0.3, -0.25) is 9.79 Å². The van der Waals surface area contributed by atoms with E-state index in [4.69, 9.17) is 0 Å². The third kappa shape index (κ3) is 8.82. The highest BCUT2D eigenvalue weighted by molar-refractivity contribution is 5.80. The van der Waals surface area contributed by atoms with E-state index >= 15 is 0 Å². The third-order valence-electron chi connectivity index (χ3n) is 4.44. The van der Waals surface area contributed by atoms with Crippen molar-refractivity contribution < 1.29 is 4.79 Å². The summed E-state index contributed by atoms with van der Waals surface area (Å²) in [5.74, 6) is 2.72. The highest BCUT2D eigenvalue weighted by Gasteiger charge is 2.18. The maximum absolute atomic E-state index is 11.5. The number of amides is 1. The van der Waals surface area contributed by atoms with E-state index in [1.807, 2.05) is 13.8 Å². The lowest BCUT2D eigenvalue weighted by Gasteiger charge is -2.26. The van der Waals surface area contributed by atoms with E-state index in [0.717, 1.165) is 30.9 Å². The van der Waals surface area contributed by atoms with Gasteiger partial charge in [0.05, 0.1) is 0 Å². The van der Waals surface area contributed by atoms with Crippen LogP contribution in [0.15, 0.2) is 4.99 Å². The van der Waals surface area contributed by atoms with Crippen LogP contribution in [0.5, 0.6) is 0 Å². The van der Waals surface area contributed by atoms with Crippen molar-refractivity contribution in [3.05, 3.63) is 0 Å². The largest absolute Gasteiger partial charge is 0.357 e. The second-order valence-electron chi connectivity index (χ2n) is 7.06. The highest BCUT2D eigenvalue weighted by atomic mass is 16.1. The summed E-state index contributed by atoms with van der Waals surface area (Å²) in [6.45, 7) is 11.3. The first-order valence-electron chi connectivity index (χ1n) is 9.32. The van der Waals surface area contributed by atoms with Crippen molar-refractivity contribution in [1.29, 1.82) is 0 Å². The molecule has 0 radical (unpaired) electrons. The van der Waals surface area contributed by atoms with Gasteiger partial charge in [0.15, 0.2) is 5.96 Å². The summed E-state index contributed by atoms with van der Waals surface area (Å²) in [4.78, 5) is 16.2. The van der Waals surface area contributed by atoms with Crippen molar-refractivity contribution in [1.82, 2.24) is 16.0 Å². The lowest BCUT2D eigenvalue weighted by atomic mass is 9.81. The zero-order chi connectivity index (χ0) is 17.1. The smallest absolute Gasteiger partial charge is 0.222 e. The number of hydrogen-bond acceptors (Lipinski definition) is 2. The maximum atomic E-state index is 11.5. The average molecular weight is 325 g/mol. The Bertz CT molecular complexity index is 368. The van der Waals surface area contributed by atoms with Crippen molar-refractivity contribution in [2.45, 2.75) is 59.8 Å². The molecule has 0 aliphatic heterocycles. The molecule has 0 aromatic heterocycles. The lowest BCUT2D eigenvalue weighted by Crippen LogP contribution is -2.42. The Balaban J connectivity index is 2.25. The molecule has 1 aliphatic carbocycles. The molecule has 5 heteroatoms. The summed E-state index contributed by atoms with van der Waals surface area (Å²) in [5, 5.41) is 9.46. The van der Waals surface area contributed by atoms with Crippen LogP contribution in [0, 0.1) is 17.8 Å². The number of nitrogens with one attached hydrogen (secondary N) is 3. The fourth-order valence-electron chi connectivity index (χ4n) is 3.09. The average Bonchev–Trinajstić information content (AvgIpc) is 2.51. The Morgan fingerprint density at radius 3 is 2.57 bits per heavy atom. The standard InChI is InChI=1S/C18H36N4O/c1-5-19-18(22-12-11-20-17(23)14(2)3)21-10-9-16-8-6-7-15(4)13-16/h14-16H,5-13H2,1-4H3,(H,20,23)(H2,19,21,22). The number of guanidine groups is 1. The van der Waals surface area contributed by atoms with Crippen molar-refractivity contribution in [3.8, 4) is 0 Å². The Kier molecular flexibility index (Phi) is 9.72. The number of rotatable bonds is 8. The van der Waals surface area contributed by atoms with E-state index in [1.54, 1.807) is 0 Å². The number of aliphatic imine (C=N–C) groups is 1. The molecule has 2 atom stereocenters. The van der Waals surface area contributed by atoms with Crippen molar-refractivity contribution >= 4 is 11.9 Å². The van der Waals surface area contributed by atoms with Gasteiger partial charge in [-0.1, -0.05) is 40.0 Å². The monoisotopic (exact) mass is 324 g/mol. The van der Waals surface area contributed by atoms with Gasteiger partial charge in [-0.15, -0.1) is 0 Å². The van der Waals surface area contributed by atoms with Crippen LogP contribution in [0.2, 0.25) is 0 Å². The Morgan fingerprint density at radius 2 is 1.91 bits per heavy atom. The Labute approximate surface area is 142 Å². The van der Waals surface area contributed by atoms with Gasteiger partial charge in [-0.2, -0.15) is 0 Å². The van der Waals surface area contributed by atoms with Crippen LogP contribution in [0.1, 0.15) is 59.8 Å². The first-order valence-corrected chi connectivity index (χ1v) is 9.32. The molecule has 1 fully saturated rings. The number of carbonyl (C=O) groups is 1. The predicted octanol–water partition coefficient (Wildman–Crippen LogP) is 2.53. The summed E-state index contributed by atoms with van der Waals surface area (Å²) in [6, 6.07) is 0. The number of carbonyl (C=O) groups excluding carboxylic acids is 1. The zero-order valence-electron chi connectivity index (χ0n) is 15.5. The Morgan fingerprint density at radius 1 is 1.17 bits per heavy atom. The summed E-state index contributed by atoms with van der Waals surface area (Å²) in [5.41, 5.74) is 0. The van der Waals surface area contributed by atoms with E-state index in [9.17, 15) is 4.79 Å². The van der Waals surface area contributed by atoms with Gasteiger partial charge in [-0.25, -0.2) is 0 Å². The molecule has 134 valence electrons. The lowest BCUT2D eigenvalue weighted by molar-refractivity contribution is -0.123. The first-order chi connectivity index (χ1) is 11.0. The van der Waals surface area contributed by atoms with Crippen LogP contribution >= 0.6 is 0 Å². The summed E-state index contributed by atoms with van der Waals surface area (Å²) in [7, 11) is 0. The minimum Gasteiger partial charge on any atom is -0.357 e. The van der Waals surface area contributed by atoms with Crippen LogP contribution in [-0.2, 0) is 4.79 Å². The molecular formula is C18H36N4O. The van der Waals surface area contributed by atoms with Crippen LogP contribution in [-0.4, -0.2) is 38.0 Å². The van der Waals surface area contributed by atoms with E-state index < -0.39 is 0 Å². The van der Waals surface area contributed by atoms with Gasteiger partial charge in [0.25, 0.3) is 0 Å². The third-order valence-corrected chi connectivity index (χ3v) is 4.44. The normalized spacial score (nSPS) is 22.0. The van der Waals surface area contributed by atoms with Gasteiger partial charge in [-0.05, 0) is 31.6 Å². The SMILES string of the molecule is CCNC(=NCCC1CCCC(C)C1)NCCNC(=O)C(C)C. The molecule has 3 N–H and O–H groups in total. The fraction of sp³-hybridized carbons (Fsp3) is 0.889. The molecule has 1 saturated carbocycles. The molecule has 0 aromatic rings. The Hall–Kier alpha value is -1.26. The minimum atomic E-state index is 0.0368. The van der Waals surface area contributed by atoms with Crippen LogP contribution in [0.25, 0.3) is 0 Å². The van der Waals surface area contributed by atoms with Gasteiger partial charge < -0.3 is 16.0 Å². The summed E-state index contributed by atoms with van der Waals surface area (Å²) < 4.78 is 0. The van der Waals surface area contributed by atoms with Crippen LogP contribution in [0.4, 0.5) is 0 Å². The molecule has 0 bridgehead atoms. The minimum absolute atomic E-state index is 0.0368. The van der Waals surface area contributed by atoms with Gasteiger partial charge in [0.2, 0.25) is 5.91 Å². The van der Waals surface area contributed by atoms with Gasteiger partial charge >= 0.3 is 0 Å². The van der Waals surface area contributed by atoms with Gasteiger partial charge in [0, 0.05) is 32.1 Å². The molecule has 0 aromatic carbocycles. The van der Waals surface area contributed by atoms with E-state index in [1.165, 1.54) is 32.1 Å². The fourth-order valence-corrected chi connectivity index (χ4v) is 3.09. The molecule has 0 spiro atoms. The molecule has 1 amide bonds. The van der Waals surface area contributed by atoms with Crippen LogP contribution in [0.3, 0.4) is 0 Å². The molecule has 1 aliphatic rings. The highest BCUT2D eigenvalue weighted by Crippen LogP contribution is 2.30. The zero-order valence-corrected chi connectivity index (χ0v) is 15.5. The molecule has 1 rings (SSSR count). The second-order valence-corrected chi connectivity index (χ2v) is 7.06. The van der Waals surface area contributed by atoms with Crippen molar-refractivity contribution in [2.75, 3.05) is 26.2 Å². The number of nitrogens with zero attached hydrogens (tertiary/aromatic N) is 1. The second kappa shape index (κ2) is 11.3. The van der Waals surface area contributed by atoms with Crippen LogP contribution < -0.4 is 16.0 Å². The van der Waals surface area contributed by atoms with E-state index in [2.05, 4.69) is 34.8 Å². The quantitative estimate of drug-likeness (QED) is 0.365. The molecule has 0 saturated heterocycles. The molecular weight excluding hydrogens is 288 g/mol. The maximum Gasteiger partial charge on any atom is 0.222 e. The molecule has 0 heterocycles. The predicted molar refractivity (Wildman–Crippen MR) is 97.6 cm³/mol. The van der Waals surface area contributed by atoms with E-state index in [-0.39, 0.29) is 11.8 Å². The molecule has 23 heavy (non-hydrogen) atoms. The summed E-state index contributed by atoms with van der Waals surface area (Å²) in [6.07, 6.45) is 6.69. The molecule has 2 unspecified atom stereocenters. The van der Waals surface area contributed by atoms with E-state index in [0.29, 0.717) is 13.1 Å². The van der Waals surface area contributed by atoms with Crippen molar-refractivity contribution in [3.63, 3.8) is 0 Å². The topological polar surface area (TPSA) is 65.5 Å².